The van der Waals surface area contributed by atoms with Crippen LogP contribution in [-0.4, -0.2) is 23.0 Å². The van der Waals surface area contributed by atoms with Crippen LogP contribution < -0.4 is 4.74 Å². The van der Waals surface area contributed by atoms with E-state index in [1.165, 1.54) is 34.9 Å². The average Bonchev–Trinajstić information content (AvgIpc) is 3.19. The molecule has 1 aromatic heterocycles. The Hall–Kier alpha value is -3.04. The lowest BCUT2D eigenvalue weighted by atomic mass is 9.89. The second kappa shape index (κ2) is 8.14. The molecule has 3 heteroatoms. The van der Waals surface area contributed by atoms with E-state index in [1.54, 1.807) is 0 Å². The Kier molecular flexibility index (Phi) is 5.06. The summed E-state index contributed by atoms with van der Waals surface area (Å²) in [6, 6.07) is 27.1. The summed E-state index contributed by atoms with van der Waals surface area (Å²) in [7, 11) is 0. The fourth-order valence-electron chi connectivity index (χ4n) is 4.39. The number of benzene rings is 3. The third-order valence-corrected chi connectivity index (χ3v) is 5.94. The Morgan fingerprint density at radius 3 is 2.31 bits per heavy atom. The maximum atomic E-state index is 6.06. The zero-order valence-corrected chi connectivity index (χ0v) is 16.6. The summed E-state index contributed by atoms with van der Waals surface area (Å²) in [6.07, 6.45) is 4.60. The SMILES string of the molecule is c1ccc(CN2CCC(c3c[nH]c4ccc(Oc5ccccc5)cc34)CC2)cc1. The number of hydrogen-bond donors (Lipinski definition) is 1. The number of para-hydroxylation sites is 1. The van der Waals surface area contributed by atoms with Crippen LogP contribution in [0.1, 0.15) is 29.9 Å². The first-order chi connectivity index (χ1) is 14.3. The molecular formula is C26H26N2O. The molecule has 0 atom stereocenters. The largest absolute Gasteiger partial charge is 0.457 e. The van der Waals surface area contributed by atoms with Crippen LogP contribution >= 0.6 is 0 Å². The molecule has 0 unspecified atom stereocenters. The van der Waals surface area contributed by atoms with Gasteiger partial charge in [-0.25, -0.2) is 0 Å². The number of likely N-dealkylation sites (tertiary alicyclic amines) is 1. The Morgan fingerprint density at radius 2 is 1.55 bits per heavy atom. The Bertz CT molecular complexity index is 1060. The first-order valence-corrected chi connectivity index (χ1v) is 10.5. The minimum Gasteiger partial charge on any atom is -0.457 e. The molecule has 1 aliphatic heterocycles. The Morgan fingerprint density at radius 1 is 0.828 bits per heavy atom. The monoisotopic (exact) mass is 382 g/mol. The summed E-state index contributed by atoms with van der Waals surface area (Å²) in [5.74, 6) is 2.37. The predicted molar refractivity (Wildman–Crippen MR) is 119 cm³/mol. The molecule has 0 saturated carbocycles. The second-order valence-electron chi connectivity index (χ2n) is 7.90. The fraction of sp³-hybridized carbons (Fsp3) is 0.231. The molecule has 0 aliphatic carbocycles. The normalized spacial score (nSPS) is 15.6. The van der Waals surface area contributed by atoms with Crippen molar-refractivity contribution in [3.05, 3.63) is 96.2 Å². The van der Waals surface area contributed by atoms with Crippen molar-refractivity contribution in [3.8, 4) is 11.5 Å². The lowest BCUT2D eigenvalue weighted by Gasteiger charge is -2.32. The lowest BCUT2D eigenvalue weighted by Crippen LogP contribution is -2.32. The van der Waals surface area contributed by atoms with Crippen molar-refractivity contribution in [1.82, 2.24) is 9.88 Å². The first kappa shape index (κ1) is 18.0. The molecule has 3 aromatic carbocycles. The highest BCUT2D eigenvalue weighted by Crippen LogP contribution is 2.35. The van der Waals surface area contributed by atoms with Gasteiger partial charge in [0.15, 0.2) is 0 Å². The topological polar surface area (TPSA) is 28.3 Å². The number of hydrogen-bond acceptors (Lipinski definition) is 2. The Balaban J connectivity index is 1.30. The molecule has 1 aliphatic rings. The van der Waals surface area contributed by atoms with Crippen LogP contribution in [0.5, 0.6) is 11.5 Å². The molecule has 0 radical (unpaired) electrons. The predicted octanol–water partition coefficient (Wildman–Crippen LogP) is 6.34. The van der Waals surface area contributed by atoms with Gasteiger partial charge in [-0.1, -0.05) is 48.5 Å². The van der Waals surface area contributed by atoms with Gasteiger partial charge in [-0.2, -0.15) is 0 Å². The summed E-state index contributed by atoms with van der Waals surface area (Å²) in [5, 5.41) is 1.29. The molecule has 1 fully saturated rings. The van der Waals surface area contributed by atoms with E-state index in [9.17, 15) is 0 Å². The van der Waals surface area contributed by atoms with Gasteiger partial charge in [-0.3, -0.25) is 4.90 Å². The smallest absolute Gasteiger partial charge is 0.128 e. The van der Waals surface area contributed by atoms with Crippen LogP contribution in [0.3, 0.4) is 0 Å². The first-order valence-electron chi connectivity index (χ1n) is 10.5. The molecule has 29 heavy (non-hydrogen) atoms. The molecule has 2 heterocycles. The van der Waals surface area contributed by atoms with Gasteiger partial charge in [0, 0.05) is 23.6 Å². The quantitative estimate of drug-likeness (QED) is 0.436. The number of aromatic amines is 1. The van der Waals surface area contributed by atoms with Crippen LogP contribution in [0, 0.1) is 0 Å². The highest BCUT2D eigenvalue weighted by molar-refractivity contribution is 5.85. The molecule has 0 spiro atoms. The molecule has 4 aromatic rings. The van der Waals surface area contributed by atoms with Crippen molar-refractivity contribution in [2.24, 2.45) is 0 Å². The molecule has 1 saturated heterocycles. The number of nitrogens with one attached hydrogen (secondary N) is 1. The minimum absolute atomic E-state index is 0.600. The summed E-state index contributed by atoms with van der Waals surface area (Å²) in [4.78, 5) is 6.03. The zero-order valence-electron chi connectivity index (χ0n) is 16.6. The molecule has 0 bridgehead atoms. The van der Waals surface area contributed by atoms with E-state index in [0.29, 0.717) is 5.92 Å². The Labute approximate surface area is 171 Å². The van der Waals surface area contributed by atoms with E-state index in [2.05, 4.69) is 58.5 Å². The summed E-state index contributed by atoms with van der Waals surface area (Å²) < 4.78 is 6.06. The number of fused-ring (bicyclic) bond motifs is 1. The molecule has 0 amide bonds. The van der Waals surface area contributed by atoms with Gasteiger partial charge in [0.1, 0.15) is 11.5 Å². The van der Waals surface area contributed by atoms with Gasteiger partial charge in [0.05, 0.1) is 0 Å². The van der Waals surface area contributed by atoms with Crippen molar-refractivity contribution in [2.45, 2.75) is 25.3 Å². The summed E-state index contributed by atoms with van der Waals surface area (Å²) in [6.45, 7) is 3.34. The molecule has 5 rings (SSSR count). The number of nitrogens with zero attached hydrogens (tertiary/aromatic N) is 1. The highest BCUT2D eigenvalue weighted by atomic mass is 16.5. The van der Waals surface area contributed by atoms with E-state index in [-0.39, 0.29) is 0 Å². The third kappa shape index (κ3) is 4.06. The minimum atomic E-state index is 0.600. The van der Waals surface area contributed by atoms with Crippen LogP contribution in [0.4, 0.5) is 0 Å². The van der Waals surface area contributed by atoms with Crippen LogP contribution in [0.2, 0.25) is 0 Å². The molecule has 3 nitrogen and oxygen atoms in total. The van der Waals surface area contributed by atoms with Crippen molar-refractivity contribution in [2.75, 3.05) is 13.1 Å². The van der Waals surface area contributed by atoms with Gasteiger partial charge >= 0.3 is 0 Å². The fourth-order valence-corrected chi connectivity index (χ4v) is 4.39. The van der Waals surface area contributed by atoms with Gasteiger partial charge in [0.25, 0.3) is 0 Å². The number of aromatic nitrogens is 1. The van der Waals surface area contributed by atoms with E-state index >= 15 is 0 Å². The van der Waals surface area contributed by atoms with Crippen LogP contribution in [0.15, 0.2) is 85.1 Å². The molecule has 1 N–H and O–H groups in total. The van der Waals surface area contributed by atoms with Crippen molar-refractivity contribution in [3.63, 3.8) is 0 Å². The van der Waals surface area contributed by atoms with Crippen molar-refractivity contribution < 1.29 is 4.74 Å². The standard InChI is InChI=1S/C26H26N2O/c1-3-7-20(8-4-1)19-28-15-13-21(14-16-28)25-18-27-26-12-11-23(17-24(25)26)29-22-9-5-2-6-10-22/h1-12,17-18,21,27H,13-16,19H2. The second-order valence-corrected chi connectivity index (χ2v) is 7.90. The molecular weight excluding hydrogens is 356 g/mol. The number of piperidine rings is 1. The van der Waals surface area contributed by atoms with Crippen molar-refractivity contribution in [1.29, 1.82) is 0 Å². The molecule has 146 valence electrons. The summed E-state index contributed by atoms with van der Waals surface area (Å²) >= 11 is 0. The van der Waals surface area contributed by atoms with E-state index in [4.69, 9.17) is 4.74 Å². The van der Waals surface area contributed by atoms with E-state index in [0.717, 1.165) is 31.1 Å². The van der Waals surface area contributed by atoms with E-state index in [1.807, 2.05) is 36.4 Å². The van der Waals surface area contributed by atoms with Crippen molar-refractivity contribution >= 4 is 10.9 Å². The average molecular weight is 383 g/mol. The number of ether oxygens (including phenoxy) is 1. The maximum Gasteiger partial charge on any atom is 0.128 e. The van der Waals surface area contributed by atoms with Gasteiger partial charge in [0.2, 0.25) is 0 Å². The highest BCUT2D eigenvalue weighted by Gasteiger charge is 2.23. The van der Waals surface area contributed by atoms with Gasteiger partial charge in [-0.15, -0.1) is 0 Å². The van der Waals surface area contributed by atoms with Crippen LogP contribution in [-0.2, 0) is 6.54 Å². The third-order valence-electron chi connectivity index (χ3n) is 5.94. The van der Waals surface area contributed by atoms with E-state index < -0.39 is 0 Å². The van der Waals surface area contributed by atoms with Gasteiger partial charge < -0.3 is 9.72 Å². The summed E-state index contributed by atoms with van der Waals surface area (Å²) in [5.41, 5.74) is 4.02. The maximum absolute atomic E-state index is 6.06. The van der Waals surface area contributed by atoms with Gasteiger partial charge in [-0.05, 0) is 73.3 Å². The van der Waals surface area contributed by atoms with Crippen LogP contribution in [0.25, 0.3) is 10.9 Å². The number of H-pyrrole nitrogens is 1. The lowest BCUT2D eigenvalue weighted by molar-refractivity contribution is 0.205. The zero-order chi connectivity index (χ0) is 19.5. The number of rotatable bonds is 5.